The Morgan fingerprint density at radius 2 is 1.79 bits per heavy atom. The predicted molar refractivity (Wildman–Crippen MR) is 117 cm³/mol. The van der Waals surface area contributed by atoms with Gasteiger partial charge in [0.1, 0.15) is 11.8 Å². The van der Waals surface area contributed by atoms with Crippen LogP contribution in [0, 0.1) is 6.92 Å². The number of hydrogen-bond donors (Lipinski definition) is 2. The van der Waals surface area contributed by atoms with Crippen molar-refractivity contribution < 1.29 is 9.53 Å². The Labute approximate surface area is 170 Å². The Balaban J connectivity index is 1.90. The summed E-state index contributed by atoms with van der Waals surface area (Å²) in [5.74, 6) is 0.486. The second-order valence-electron chi connectivity index (χ2n) is 6.41. The molecular formula is C23H24N2O2S. The van der Waals surface area contributed by atoms with Crippen molar-refractivity contribution in [3.05, 3.63) is 83.9 Å². The molecular weight excluding hydrogens is 368 g/mol. The van der Waals surface area contributed by atoms with Gasteiger partial charge < -0.3 is 15.4 Å². The first-order chi connectivity index (χ1) is 13.6. The summed E-state index contributed by atoms with van der Waals surface area (Å²) in [4.78, 5) is 14.4. The Kier molecular flexibility index (Phi) is 6.61. The van der Waals surface area contributed by atoms with E-state index in [0.717, 1.165) is 21.7 Å². The van der Waals surface area contributed by atoms with Crippen LogP contribution in [-0.2, 0) is 4.79 Å². The first kappa shape index (κ1) is 19.8. The average molecular weight is 393 g/mol. The SMILES string of the molecule is COc1ccc(C)cc1NC(=O)C(Nc1cccc(SC)c1)c1ccccc1. The van der Waals surface area contributed by atoms with Crippen molar-refractivity contribution >= 4 is 29.0 Å². The summed E-state index contributed by atoms with van der Waals surface area (Å²) in [6.07, 6.45) is 2.03. The molecule has 0 fully saturated rings. The Morgan fingerprint density at radius 3 is 2.50 bits per heavy atom. The van der Waals surface area contributed by atoms with E-state index < -0.39 is 6.04 Å². The van der Waals surface area contributed by atoms with Crippen molar-refractivity contribution in [3.63, 3.8) is 0 Å². The minimum absolute atomic E-state index is 0.148. The van der Waals surface area contributed by atoms with E-state index in [0.29, 0.717) is 11.4 Å². The normalized spacial score (nSPS) is 11.5. The summed E-state index contributed by atoms with van der Waals surface area (Å²) in [5.41, 5.74) is 3.49. The van der Waals surface area contributed by atoms with E-state index in [2.05, 4.69) is 10.6 Å². The quantitative estimate of drug-likeness (QED) is 0.520. The molecule has 4 nitrogen and oxygen atoms in total. The Morgan fingerprint density at radius 1 is 1.00 bits per heavy atom. The monoisotopic (exact) mass is 392 g/mol. The molecule has 1 atom stereocenters. The molecule has 0 aliphatic rings. The van der Waals surface area contributed by atoms with Crippen LogP contribution >= 0.6 is 11.8 Å². The number of rotatable bonds is 7. The van der Waals surface area contributed by atoms with Crippen LogP contribution in [0.2, 0.25) is 0 Å². The van der Waals surface area contributed by atoms with Crippen molar-refractivity contribution in [1.29, 1.82) is 0 Å². The summed E-state index contributed by atoms with van der Waals surface area (Å²) in [5, 5.41) is 6.39. The van der Waals surface area contributed by atoms with E-state index in [4.69, 9.17) is 4.74 Å². The van der Waals surface area contributed by atoms with Gasteiger partial charge >= 0.3 is 0 Å². The number of carbonyl (C=O) groups excluding carboxylic acids is 1. The van der Waals surface area contributed by atoms with E-state index in [1.807, 2.05) is 86.0 Å². The third-order valence-electron chi connectivity index (χ3n) is 4.39. The fraction of sp³-hybridized carbons (Fsp3) is 0.174. The molecule has 3 aromatic carbocycles. The molecule has 1 unspecified atom stereocenters. The lowest BCUT2D eigenvalue weighted by Crippen LogP contribution is -2.27. The average Bonchev–Trinajstić information content (AvgIpc) is 2.73. The van der Waals surface area contributed by atoms with Gasteiger partial charge in [0.2, 0.25) is 0 Å². The molecule has 5 heteroatoms. The zero-order valence-corrected chi connectivity index (χ0v) is 17.0. The number of aryl methyl sites for hydroxylation is 1. The topological polar surface area (TPSA) is 50.4 Å². The number of carbonyl (C=O) groups is 1. The van der Waals surface area contributed by atoms with Crippen LogP contribution in [0.3, 0.4) is 0 Å². The fourth-order valence-corrected chi connectivity index (χ4v) is 3.41. The molecule has 0 aliphatic carbocycles. The molecule has 0 bridgehead atoms. The maximum absolute atomic E-state index is 13.2. The fourth-order valence-electron chi connectivity index (χ4n) is 2.95. The zero-order valence-electron chi connectivity index (χ0n) is 16.2. The Hall–Kier alpha value is -2.92. The molecule has 0 heterocycles. The molecule has 1 amide bonds. The zero-order chi connectivity index (χ0) is 19.9. The van der Waals surface area contributed by atoms with Gasteiger partial charge in [-0.15, -0.1) is 11.8 Å². The molecule has 0 aromatic heterocycles. The second kappa shape index (κ2) is 9.33. The summed E-state index contributed by atoms with van der Waals surface area (Å²) in [6, 6.07) is 22.9. The van der Waals surface area contributed by atoms with Crippen molar-refractivity contribution in [2.45, 2.75) is 17.9 Å². The van der Waals surface area contributed by atoms with Crippen molar-refractivity contribution in [1.82, 2.24) is 0 Å². The summed E-state index contributed by atoms with van der Waals surface area (Å²) in [6.45, 7) is 1.98. The van der Waals surface area contributed by atoms with Gasteiger partial charge in [0.15, 0.2) is 0 Å². The van der Waals surface area contributed by atoms with E-state index in [1.165, 1.54) is 0 Å². The van der Waals surface area contributed by atoms with Crippen LogP contribution in [0.25, 0.3) is 0 Å². The minimum atomic E-state index is -0.538. The molecule has 144 valence electrons. The minimum Gasteiger partial charge on any atom is -0.495 e. The van der Waals surface area contributed by atoms with Gasteiger partial charge in [-0.2, -0.15) is 0 Å². The summed E-state index contributed by atoms with van der Waals surface area (Å²) < 4.78 is 5.40. The van der Waals surface area contributed by atoms with Crippen LogP contribution in [0.5, 0.6) is 5.75 Å². The molecule has 0 saturated carbocycles. The van der Waals surface area contributed by atoms with Crippen LogP contribution in [0.15, 0.2) is 77.7 Å². The number of methoxy groups -OCH3 is 1. The molecule has 0 radical (unpaired) electrons. The van der Waals surface area contributed by atoms with Crippen molar-refractivity contribution in [3.8, 4) is 5.75 Å². The highest BCUT2D eigenvalue weighted by Crippen LogP contribution is 2.28. The van der Waals surface area contributed by atoms with E-state index >= 15 is 0 Å². The van der Waals surface area contributed by atoms with Gasteiger partial charge in [-0.3, -0.25) is 4.79 Å². The van der Waals surface area contributed by atoms with Crippen LogP contribution in [-0.4, -0.2) is 19.3 Å². The van der Waals surface area contributed by atoms with Crippen LogP contribution in [0.1, 0.15) is 17.2 Å². The third kappa shape index (κ3) is 4.87. The highest BCUT2D eigenvalue weighted by molar-refractivity contribution is 7.98. The van der Waals surface area contributed by atoms with Crippen molar-refractivity contribution in [2.75, 3.05) is 24.0 Å². The lowest BCUT2D eigenvalue weighted by atomic mass is 10.1. The first-order valence-electron chi connectivity index (χ1n) is 9.01. The molecule has 3 rings (SSSR count). The maximum Gasteiger partial charge on any atom is 0.251 e. The van der Waals surface area contributed by atoms with Gasteiger partial charge in [0.05, 0.1) is 12.8 Å². The summed E-state index contributed by atoms with van der Waals surface area (Å²) >= 11 is 1.67. The van der Waals surface area contributed by atoms with Gasteiger partial charge in [-0.25, -0.2) is 0 Å². The first-order valence-corrected chi connectivity index (χ1v) is 10.2. The standard InChI is InChI=1S/C23H24N2O2S/c1-16-12-13-21(27-2)20(14-16)25-23(26)22(17-8-5-4-6-9-17)24-18-10-7-11-19(15-18)28-3/h4-15,22,24H,1-3H3,(H,25,26). The number of amides is 1. The smallest absolute Gasteiger partial charge is 0.251 e. The van der Waals surface area contributed by atoms with E-state index in [1.54, 1.807) is 18.9 Å². The Bertz CT molecular complexity index is 944. The van der Waals surface area contributed by atoms with Gasteiger partial charge in [-0.05, 0) is 54.6 Å². The van der Waals surface area contributed by atoms with Crippen LogP contribution in [0.4, 0.5) is 11.4 Å². The molecule has 2 N–H and O–H groups in total. The summed E-state index contributed by atoms with van der Waals surface area (Å²) in [7, 11) is 1.60. The highest BCUT2D eigenvalue weighted by Gasteiger charge is 2.22. The molecule has 0 aliphatic heterocycles. The number of benzene rings is 3. The molecule has 3 aromatic rings. The van der Waals surface area contributed by atoms with Crippen molar-refractivity contribution in [2.24, 2.45) is 0 Å². The number of ether oxygens (including phenoxy) is 1. The third-order valence-corrected chi connectivity index (χ3v) is 5.11. The lowest BCUT2D eigenvalue weighted by Gasteiger charge is -2.21. The molecule has 0 spiro atoms. The highest BCUT2D eigenvalue weighted by atomic mass is 32.2. The van der Waals surface area contributed by atoms with E-state index in [9.17, 15) is 4.79 Å². The van der Waals surface area contributed by atoms with Crippen LogP contribution < -0.4 is 15.4 Å². The molecule has 28 heavy (non-hydrogen) atoms. The largest absolute Gasteiger partial charge is 0.495 e. The van der Waals surface area contributed by atoms with Gasteiger partial charge in [-0.1, -0.05) is 42.5 Å². The maximum atomic E-state index is 13.2. The second-order valence-corrected chi connectivity index (χ2v) is 7.29. The predicted octanol–water partition coefficient (Wildman–Crippen LogP) is 5.52. The number of nitrogens with one attached hydrogen (secondary N) is 2. The number of hydrogen-bond acceptors (Lipinski definition) is 4. The number of anilines is 2. The number of thioether (sulfide) groups is 1. The van der Waals surface area contributed by atoms with Gasteiger partial charge in [0.25, 0.3) is 5.91 Å². The molecule has 0 saturated heterocycles. The van der Waals surface area contributed by atoms with Gasteiger partial charge in [0, 0.05) is 10.6 Å². The lowest BCUT2D eigenvalue weighted by molar-refractivity contribution is -0.117. The van der Waals surface area contributed by atoms with E-state index in [-0.39, 0.29) is 5.91 Å².